The molecule has 0 fully saturated rings. The highest BCUT2D eigenvalue weighted by molar-refractivity contribution is 6.05. The van der Waals surface area contributed by atoms with Crippen molar-refractivity contribution in [1.29, 1.82) is 16.1 Å². The van der Waals surface area contributed by atoms with Gasteiger partial charge in [-0.2, -0.15) is 18.4 Å². The Hall–Kier alpha value is -4.07. The zero-order chi connectivity index (χ0) is 24.3. The molecule has 0 saturated carbocycles. The lowest BCUT2D eigenvalue weighted by Gasteiger charge is -2.43. The summed E-state index contributed by atoms with van der Waals surface area (Å²) in [6.07, 6.45) is -3.39. The first kappa shape index (κ1) is 23.6. The van der Waals surface area contributed by atoms with Gasteiger partial charge >= 0.3 is 6.18 Å². The summed E-state index contributed by atoms with van der Waals surface area (Å²) >= 11 is 0. The van der Waals surface area contributed by atoms with E-state index in [1.54, 1.807) is 6.07 Å². The van der Waals surface area contributed by atoms with Crippen molar-refractivity contribution in [2.45, 2.75) is 18.1 Å². The lowest BCUT2D eigenvalue weighted by atomic mass is 9.77. The van der Waals surface area contributed by atoms with Gasteiger partial charge in [0.25, 0.3) is 5.91 Å². The van der Waals surface area contributed by atoms with Crippen LogP contribution in [0.25, 0.3) is 0 Å². The third kappa shape index (κ3) is 4.74. The number of carbonyl (C=O) groups excluding carboxylic acids is 2. The third-order valence-corrected chi connectivity index (χ3v) is 5.25. The monoisotopic (exact) mass is 459 g/mol. The average Bonchev–Trinajstić information content (AvgIpc) is 2.77. The van der Waals surface area contributed by atoms with Crippen molar-refractivity contribution in [2.75, 3.05) is 11.9 Å². The maximum absolute atomic E-state index is 13.6. The van der Waals surface area contributed by atoms with E-state index >= 15 is 0 Å². The first-order valence-electron chi connectivity index (χ1n) is 9.59. The van der Waals surface area contributed by atoms with Gasteiger partial charge < -0.3 is 21.0 Å². The van der Waals surface area contributed by atoms with E-state index in [-0.39, 0.29) is 22.4 Å². The third-order valence-electron chi connectivity index (χ3n) is 5.25. The van der Waals surface area contributed by atoms with Crippen LogP contribution in [-0.2, 0) is 4.79 Å². The average molecular weight is 459 g/mol. The van der Waals surface area contributed by atoms with Crippen LogP contribution >= 0.6 is 0 Å². The number of hydrogen-bond donors (Lipinski definition) is 3. The summed E-state index contributed by atoms with van der Waals surface area (Å²) in [5.41, 5.74) is -0.294. The predicted molar refractivity (Wildman–Crippen MR) is 111 cm³/mol. The molecule has 0 radical (unpaired) electrons. The second-order valence-electron chi connectivity index (χ2n) is 7.31. The van der Waals surface area contributed by atoms with Crippen LogP contribution in [0.3, 0.4) is 0 Å². The smallest absolute Gasteiger partial charge is 0.325 e. The topological polar surface area (TPSA) is 121 Å². The highest BCUT2D eigenvalue weighted by atomic mass is 19.4. The number of carbonyl (C=O) groups is 2. The van der Waals surface area contributed by atoms with E-state index in [4.69, 9.17) is 16.1 Å². The Bertz CT molecular complexity index is 1150. The molecule has 2 amide bonds. The summed E-state index contributed by atoms with van der Waals surface area (Å²) in [4.78, 5) is 26.7. The first-order valence-corrected chi connectivity index (χ1v) is 9.59. The summed E-state index contributed by atoms with van der Waals surface area (Å²) in [6.45, 7) is -1.68. The molecule has 33 heavy (non-hydrogen) atoms. The van der Waals surface area contributed by atoms with Crippen LogP contribution in [0.2, 0.25) is 0 Å². The van der Waals surface area contributed by atoms with Gasteiger partial charge in [-0.15, -0.1) is 0 Å². The van der Waals surface area contributed by atoms with E-state index in [0.29, 0.717) is 17.3 Å². The van der Waals surface area contributed by atoms with E-state index in [0.717, 1.165) is 12.1 Å². The van der Waals surface area contributed by atoms with Gasteiger partial charge in [-0.1, -0.05) is 18.2 Å². The molecule has 0 saturated heterocycles. The van der Waals surface area contributed by atoms with E-state index in [2.05, 4.69) is 5.32 Å². The number of rotatable bonds is 6. The SMILES string of the molecule is N#Cc1cc(NC(=O)[C@H]2c3ccccc3C(=O)N(CC(F)(F)F)[C@@H]2C(C=N)C=N)ccc1F. The quantitative estimate of drug-likeness (QED) is 0.451. The number of nitriles is 1. The fourth-order valence-electron chi connectivity index (χ4n) is 3.87. The van der Waals surface area contributed by atoms with Gasteiger partial charge in [-0.05, 0) is 29.8 Å². The number of alkyl halides is 3. The number of nitrogens with zero attached hydrogens (tertiary/aromatic N) is 2. The summed E-state index contributed by atoms with van der Waals surface area (Å²) in [5.74, 6) is -5.30. The highest BCUT2D eigenvalue weighted by Gasteiger charge is 2.49. The number of amides is 2. The molecule has 0 aromatic heterocycles. The predicted octanol–water partition coefficient (Wildman–Crippen LogP) is 3.72. The molecule has 11 heteroatoms. The van der Waals surface area contributed by atoms with Crippen molar-refractivity contribution in [3.63, 3.8) is 0 Å². The molecule has 2 aromatic carbocycles. The van der Waals surface area contributed by atoms with Crippen LogP contribution in [0.5, 0.6) is 0 Å². The minimum Gasteiger partial charge on any atom is -0.325 e. The number of nitrogens with one attached hydrogen (secondary N) is 3. The molecule has 7 nitrogen and oxygen atoms in total. The Labute approximate surface area is 185 Å². The second kappa shape index (κ2) is 9.20. The number of benzene rings is 2. The Kier molecular flexibility index (Phi) is 6.57. The maximum atomic E-state index is 13.6. The van der Waals surface area contributed by atoms with Crippen molar-refractivity contribution < 1.29 is 27.2 Å². The van der Waals surface area contributed by atoms with Crippen LogP contribution in [0.1, 0.15) is 27.4 Å². The zero-order valence-electron chi connectivity index (χ0n) is 16.9. The molecule has 170 valence electrons. The Morgan fingerprint density at radius 2 is 1.88 bits per heavy atom. The van der Waals surface area contributed by atoms with E-state index in [9.17, 15) is 27.2 Å². The molecule has 0 bridgehead atoms. The number of hydrogen-bond acceptors (Lipinski definition) is 5. The second-order valence-corrected chi connectivity index (χ2v) is 7.31. The molecular formula is C22H17F4N5O2. The fraction of sp³-hybridized carbons (Fsp3) is 0.227. The molecule has 1 aliphatic heterocycles. The normalized spacial score (nSPS) is 18.6. The molecule has 0 spiro atoms. The maximum Gasteiger partial charge on any atom is 0.406 e. The lowest BCUT2D eigenvalue weighted by molar-refractivity contribution is -0.148. The van der Waals surface area contributed by atoms with Gasteiger partial charge in [-0.3, -0.25) is 9.59 Å². The molecule has 1 aliphatic rings. The van der Waals surface area contributed by atoms with Gasteiger partial charge in [0.2, 0.25) is 5.91 Å². The lowest BCUT2D eigenvalue weighted by Crippen LogP contribution is -2.57. The molecule has 3 N–H and O–H groups in total. The van der Waals surface area contributed by atoms with Crippen molar-refractivity contribution in [1.82, 2.24) is 4.90 Å². The van der Waals surface area contributed by atoms with Gasteiger partial charge in [0.05, 0.1) is 17.5 Å². The first-order chi connectivity index (χ1) is 15.6. The van der Waals surface area contributed by atoms with Crippen LogP contribution in [0.4, 0.5) is 23.2 Å². The van der Waals surface area contributed by atoms with Gasteiger partial charge in [0.1, 0.15) is 18.4 Å². The molecular weight excluding hydrogens is 442 g/mol. The van der Waals surface area contributed by atoms with Crippen LogP contribution < -0.4 is 5.32 Å². The minimum atomic E-state index is -4.80. The van der Waals surface area contributed by atoms with E-state index in [1.165, 1.54) is 30.3 Å². The summed E-state index contributed by atoms with van der Waals surface area (Å²) in [6, 6.07) is 9.00. The van der Waals surface area contributed by atoms with Gasteiger partial charge in [0, 0.05) is 29.6 Å². The number of fused-ring (bicyclic) bond motifs is 1. The van der Waals surface area contributed by atoms with Crippen molar-refractivity contribution in [3.05, 3.63) is 65.0 Å². The summed E-state index contributed by atoms with van der Waals surface area (Å²) in [5, 5.41) is 26.6. The number of anilines is 1. The fourth-order valence-corrected chi connectivity index (χ4v) is 3.87. The largest absolute Gasteiger partial charge is 0.406 e. The van der Waals surface area contributed by atoms with Crippen LogP contribution in [0, 0.1) is 33.9 Å². The summed E-state index contributed by atoms with van der Waals surface area (Å²) < 4.78 is 53.7. The molecule has 2 aromatic rings. The molecule has 3 rings (SSSR count). The van der Waals surface area contributed by atoms with E-state index in [1.807, 2.05) is 0 Å². The Balaban J connectivity index is 2.13. The molecule has 1 heterocycles. The van der Waals surface area contributed by atoms with Gasteiger partial charge in [-0.25, -0.2) is 4.39 Å². The molecule has 0 unspecified atom stereocenters. The van der Waals surface area contributed by atoms with Crippen molar-refractivity contribution in [3.8, 4) is 6.07 Å². The van der Waals surface area contributed by atoms with Gasteiger partial charge in [0.15, 0.2) is 0 Å². The molecule has 2 atom stereocenters. The van der Waals surface area contributed by atoms with Crippen molar-refractivity contribution >= 4 is 29.9 Å². The summed E-state index contributed by atoms with van der Waals surface area (Å²) in [7, 11) is 0. The van der Waals surface area contributed by atoms with Crippen LogP contribution in [-0.4, -0.2) is 47.9 Å². The van der Waals surface area contributed by atoms with Crippen molar-refractivity contribution in [2.24, 2.45) is 5.92 Å². The standard InChI is InChI=1S/C22H17F4N5O2/c23-17-6-5-14(7-12(17)8-27)30-20(32)18-15-3-1-2-4-16(15)21(33)31(11-22(24,25)26)19(18)13(9-28)10-29/h1-7,9-10,13,18-19,28-29H,11H2,(H,30,32)/t13?,18-,19+/m0/s1. The number of halogens is 4. The highest BCUT2D eigenvalue weighted by Crippen LogP contribution is 2.38. The Morgan fingerprint density at radius 1 is 1.21 bits per heavy atom. The zero-order valence-corrected chi connectivity index (χ0v) is 16.9. The Morgan fingerprint density at radius 3 is 2.48 bits per heavy atom. The van der Waals surface area contributed by atoms with E-state index < -0.39 is 48.2 Å². The minimum absolute atomic E-state index is 0.0229. The van der Waals surface area contributed by atoms with Crippen LogP contribution in [0.15, 0.2) is 42.5 Å². The molecule has 0 aliphatic carbocycles.